The van der Waals surface area contributed by atoms with E-state index in [-0.39, 0.29) is 11.7 Å². The van der Waals surface area contributed by atoms with Crippen molar-refractivity contribution in [2.45, 2.75) is 19.8 Å². The number of amides is 1. The molecule has 0 atom stereocenters. The van der Waals surface area contributed by atoms with Crippen LogP contribution in [0.5, 0.6) is 0 Å². The quantitative estimate of drug-likeness (QED) is 0.661. The molecule has 2 saturated heterocycles. The van der Waals surface area contributed by atoms with Crippen molar-refractivity contribution in [3.05, 3.63) is 0 Å². The van der Waals surface area contributed by atoms with Crippen LogP contribution in [0.25, 0.3) is 0 Å². The molecule has 0 aromatic rings. The zero-order valence-electron chi connectivity index (χ0n) is 13.4. The molecular formula is C14H27N3O4S. The van der Waals surface area contributed by atoms with Crippen LogP contribution in [0.3, 0.4) is 0 Å². The van der Waals surface area contributed by atoms with Crippen molar-refractivity contribution in [1.29, 1.82) is 0 Å². The summed E-state index contributed by atoms with van der Waals surface area (Å²) in [7, 11) is -3.15. The summed E-state index contributed by atoms with van der Waals surface area (Å²) < 4.78 is 31.1. The number of piperazine rings is 1. The van der Waals surface area contributed by atoms with E-state index in [0.717, 1.165) is 19.5 Å². The Balaban J connectivity index is 1.77. The summed E-state index contributed by atoms with van der Waals surface area (Å²) in [6.07, 6.45) is 1.57. The number of sulfonamides is 1. The van der Waals surface area contributed by atoms with Crippen LogP contribution < -0.4 is 0 Å². The van der Waals surface area contributed by atoms with E-state index in [1.165, 1.54) is 4.31 Å². The van der Waals surface area contributed by atoms with Gasteiger partial charge in [0.1, 0.15) is 0 Å². The first-order chi connectivity index (χ1) is 10.5. The van der Waals surface area contributed by atoms with Crippen LogP contribution in [0.15, 0.2) is 0 Å². The number of carbonyl (C=O) groups excluding carboxylic acids is 1. The minimum atomic E-state index is -3.15. The van der Waals surface area contributed by atoms with Gasteiger partial charge in [-0.2, -0.15) is 4.31 Å². The molecule has 2 fully saturated rings. The van der Waals surface area contributed by atoms with Crippen molar-refractivity contribution in [2.24, 2.45) is 0 Å². The summed E-state index contributed by atoms with van der Waals surface area (Å²) >= 11 is 0. The highest BCUT2D eigenvalue weighted by molar-refractivity contribution is 7.89. The number of hydrogen-bond donors (Lipinski definition) is 0. The van der Waals surface area contributed by atoms with Gasteiger partial charge in [0.05, 0.1) is 25.5 Å². The molecule has 0 saturated carbocycles. The molecule has 128 valence electrons. The molecule has 0 unspecified atom stereocenters. The van der Waals surface area contributed by atoms with E-state index in [2.05, 4.69) is 4.90 Å². The third kappa shape index (κ3) is 4.91. The molecular weight excluding hydrogens is 306 g/mol. The van der Waals surface area contributed by atoms with E-state index in [1.807, 2.05) is 6.92 Å². The Morgan fingerprint density at radius 3 is 2.27 bits per heavy atom. The summed E-state index contributed by atoms with van der Waals surface area (Å²) in [5.74, 6) is 0.304. The van der Waals surface area contributed by atoms with Crippen molar-refractivity contribution in [1.82, 2.24) is 14.1 Å². The Labute approximate surface area is 133 Å². The molecule has 2 aliphatic heterocycles. The maximum Gasteiger partial charge on any atom is 0.236 e. The Morgan fingerprint density at radius 2 is 1.68 bits per heavy atom. The van der Waals surface area contributed by atoms with E-state index >= 15 is 0 Å². The van der Waals surface area contributed by atoms with Crippen LogP contribution in [0, 0.1) is 0 Å². The third-order valence-electron chi connectivity index (χ3n) is 4.20. The summed E-state index contributed by atoms with van der Waals surface area (Å²) in [6, 6.07) is 0. The van der Waals surface area contributed by atoms with E-state index in [4.69, 9.17) is 4.74 Å². The smallest absolute Gasteiger partial charge is 0.236 e. The second-order valence-corrected chi connectivity index (χ2v) is 7.93. The molecule has 0 bridgehead atoms. The van der Waals surface area contributed by atoms with Gasteiger partial charge in [0.25, 0.3) is 0 Å². The first-order valence-electron chi connectivity index (χ1n) is 8.08. The lowest BCUT2D eigenvalue weighted by atomic mass is 10.3. The molecule has 0 spiro atoms. The fourth-order valence-electron chi connectivity index (χ4n) is 2.72. The Kier molecular flexibility index (Phi) is 6.61. The highest BCUT2D eigenvalue weighted by Crippen LogP contribution is 2.10. The SMILES string of the molecule is CCCCS(=O)(=O)N1CCN(C(=O)CN2CCOCC2)CC1. The Morgan fingerprint density at radius 1 is 1.05 bits per heavy atom. The van der Waals surface area contributed by atoms with Gasteiger partial charge >= 0.3 is 0 Å². The largest absolute Gasteiger partial charge is 0.379 e. The van der Waals surface area contributed by atoms with Crippen LogP contribution in [0.4, 0.5) is 0 Å². The summed E-state index contributed by atoms with van der Waals surface area (Å²) in [5.41, 5.74) is 0. The van der Waals surface area contributed by atoms with Crippen molar-refractivity contribution >= 4 is 15.9 Å². The molecule has 0 aromatic heterocycles. The number of ether oxygens (including phenoxy) is 1. The predicted molar refractivity (Wildman–Crippen MR) is 84.1 cm³/mol. The molecule has 8 heteroatoms. The van der Waals surface area contributed by atoms with E-state index in [0.29, 0.717) is 52.4 Å². The fraction of sp³-hybridized carbons (Fsp3) is 0.929. The number of carbonyl (C=O) groups is 1. The highest BCUT2D eigenvalue weighted by atomic mass is 32.2. The number of unbranched alkanes of at least 4 members (excludes halogenated alkanes) is 1. The van der Waals surface area contributed by atoms with Gasteiger partial charge in [-0.3, -0.25) is 9.69 Å². The van der Waals surface area contributed by atoms with Crippen molar-refractivity contribution in [3.63, 3.8) is 0 Å². The number of morpholine rings is 1. The maximum atomic E-state index is 12.3. The predicted octanol–water partition coefficient (Wildman–Crippen LogP) is -0.407. The lowest BCUT2D eigenvalue weighted by Gasteiger charge is -2.35. The summed E-state index contributed by atoms with van der Waals surface area (Å²) in [5, 5.41) is 0. The highest BCUT2D eigenvalue weighted by Gasteiger charge is 2.29. The molecule has 0 N–H and O–H groups in total. The molecule has 7 nitrogen and oxygen atoms in total. The molecule has 2 heterocycles. The average Bonchev–Trinajstić information content (AvgIpc) is 2.54. The van der Waals surface area contributed by atoms with Gasteiger partial charge in [0.2, 0.25) is 15.9 Å². The molecule has 2 aliphatic rings. The van der Waals surface area contributed by atoms with Gasteiger partial charge in [-0.25, -0.2) is 8.42 Å². The minimum absolute atomic E-state index is 0.0903. The maximum absolute atomic E-state index is 12.3. The Bertz CT molecular complexity index is 455. The average molecular weight is 333 g/mol. The van der Waals surface area contributed by atoms with Crippen LogP contribution in [0.2, 0.25) is 0 Å². The molecule has 0 radical (unpaired) electrons. The molecule has 22 heavy (non-hydrogen) atoms. The third-order valence-corrected chi connectivity index (χ3v) is 6.16. The van der Waals surface area contributed by atoms with Crippen molar-refractivity contribution < 1.29 is 17.9 Å². The summed E-state index contributed by atoms with van der Waals surface area (Å²) in [6.45, 7) is 7.15. The van der Waals surface area contributed by atoms with Crippen molar-refractivity contribution in [3.8, 4) is 0 Å². The van der Waals surface area contributed by atoms with Crippen LogP contribution in [-0.4, -0.2) is 93.2 Å². The van der Waals surface area contributed by atoms with E-state index in [9.17, 15) is 13.2 Å². The second kappa shape index (κ2) is 8.24. The number of hydrogen-bond acceptors (Lipinski definition) is 5. The lowest BCUT2D eigenvalue weighted by Crippen LogP contribution is -2.53. The van der Waals surface area contributed by atoms with Gasteiger partial charge in [-0.15, -0.1) is 0 Å². The molecule has 0 aliphatic carbocycles. The first-order valence-corrected chi connectivity index (χ1v) is 9.69. The molecule has 1 amide bonds. The summed E-state index contributed by atoms with van der Waals surface area (Å²) in [4.78, 5) is 16.1. The zero-order chi connectivity index (χ0) is 16.0. The van der Waals surface area contributed by atoms with Gasteiger partial charge in [-0.05, 0) is 6.42 Å². The van der Waals surface area contributed by atoms with Crippen LogP contribution in [0.1, 0.15) is 19.8 Å². The fourth-order valence-corrected chi connectivity index (χ4v) is 4.35. The van der Waals surface area contributed by atoms with Crippen LogP contribution >= 0.6 is 0 Å². The Hall–Kier alpha value is -0.700. The minimum Gasteiger partial charge on any atom is -0.379 e. The normalized spacial score (nSPS) is 22.0. The second-order valence-electron chi connectivity index (χ2n) is 5.84. The lowest BCUT2D eigenvalue weighted by molar-refractivity contribution is -0.134. The number of rotatable bonds is 6. The van der Waals surface area contributed by atoms with Gasteiger partial charge in [0, 0.05) is 39.3 Å². The molecule has 2 rings (SSSR count). The van der Waals surface area contributed by atoms with Crippen molar-refractivity contribution in [2.75, 3.05) is 64.8 Å². The standard InChI is InChI=1S/C14H27N3O4S/c1-2-3-12-22(19,20)17-6-4-16(5-7-17)14(18)13-15-8-10-21-11-9-15/h2-13H2,1H3. The van der Waals surface area contributed by atoms with E-state index < -0.39 is 10.0 Å². The van der Waals surface area contributed by atoms with Gasteiger partial charge in [-0.1, -0.05) is 13.3 Å². The number of nitrogens with zero attached hydrogens (tertiary/aromatic N) is 3. The van der Waals surface area contributed by atoms with Gasteiger partial charge in [0.15, 0.2) is 0 Å². The van der Waals surface area contributed by atoms with E-state index in [1.54, 1.807) is 4.90 Å². The first kappa shape index (κ1) is 17.7. The monoisotopic (exact) mass is 333 g/mol. The van der Waals surface area contributed by atoms with Crippen LogP contribution in [-0.2, 0) is 19.6 Å². The topological polar surface area (TPSA) is 70.2 Å². The zero-order valence-corrected chi connectivity index (χ0v) is 14.2. The molecule has 0 aromatic carbocycles. The van der Waals surface area contributed by atoms with Gasteiger partial charge < -0.3 is 9.64 Å².